The summed E-state index contributed by atoms with van der Waals surface area (Å²) in [5.41, 5.74) is 2.01. The van der Waals surface area contributed by atoms with E-state index in [1.165, 1.54) is 12.1 Å². The normalized spacial score (nSPS) is 19.1. The molecular formula is C25H26ClFN4O2. The van der Waals surface area contributed by atoms with Crippen molar-refractivity contribution in [3.8, 4) is 0 Å². The lowest BCUT2D eigenvalue weighted by atomic mass is 9.90. The van der Waals surface area contributed by atoms with Crippen molar-refractivity contribution >= 4 is 34.4 Å². The molecule has 1 saturated heterocycles. The van der Waals surface area contributed by atoms with E-state index in [2.05, 4.69) is 14.9 Å². The largest absolute Gasteiger partial charge is 0.355 e. The Hall–Kier alpha value is -2.93. The zero-order valence-electron chi connectivity index (χ0n) is 18.5. The molecule has 1 saturated carbocycles. The number of carbonyl (C=O) groups is 2. The van der Waals surface area contributed by atoms with Crippen LogP contribution in [0.3, 0.4) is 0 Å². The topological polar surface area (TPSA) is 67.2 Å². The second kappa shape index (κ2) is 8.45. The van der Waals surface area contributed by atoms with E-state index < -0.39 is 5.82 Å². The molecule has 1 aliphatic carbocycles. The lowest BCUT2D eigenvalue weighted by Gasteiger charge is -2.33. The fourth-order valence-electron chi connectivity index (χ4n) is 5.11. The number of hydrogen-bond acceptors (Lipinski definition) is 3. The van der Waals surface area contributed by atoms with Gasteiger partial charge in [-0.25, -0.2) is 9.37 Å². The quantitative estimate of drug-likeness (QED) is 0.616. The van der Waals surface area contributed by atoms with Crippen LogP contribution in [0.2, 0.25) is 5.02 Å². The molecule has 6 nitrogen and oxygen atoms in total. The summed E-state index contributed by atoms with van der Waals surface area (Å²) in [4.78, 5) is 31.8. The van der Waals surface area contributed by atoms with Crippen molar-refractivity contribution in [2.75, 3.05) is 19.6 Å². The Balaban J connectivity index is 1.13. The number of imidazole rings is 1. The number of aromatic nitrogens is 2. The molecule has 1 unspecified atom stereocenters. The van der Waals surface area contributed by atoms with Gasteiger partial charge in [0.05, 0.1) is 21.6 Å². The molecule has 0 radical (unpaired) electrons. The van der Waals surface area contributed by atoms with Gasteiger partial charge in [-0.05, 0) is 48.9 Å². The second-order valence-corrected chi connectivity index (χ2v) is 9.54. The summed E-state index contributed by atoms with van der Waals surface area (Å²) in [6, 6.07) is 12.5. The average molecular weight is 469 g/mol. The molecule has 5 rings (SSSR count). The van der Waals surface area contributed by atoms with Gasteiger partial charge in [0.1, 0.15) is 5.82 Å². The van der Waals surface area contributed by atoms with Crippen molar-refractivity contribution in [2.24, 2.45) is 18.4 Å². The highest BCUT2D eigenvalue weighted by Gasteiger charge is 2.58. The van der Waals surface area contributed by atoms with Gasteiger partial charge in [-0.2, -0.15) is 0 Å². The van der Waals surface area contributed by atoms with Crippen LogP contribution in [0.25, 0.3) is 11.0 Å². The number of para-hydroxylation sites is 2. The summed E-state index contributed by atoms with van der Waals surface area (Å²) in [6.45, 7) is 1.59. The number of nitrogens with zero attached hydrogens (tertiary/aromatic N) is 3. The molecule has 2 aromatic carbocycles. The molecule has 8 heteroatoms. The highest BCUT2D eigenvalue weighted by atomic mass is 35.5. The number of halogens is 2. The van der Waals surface area contributed by atoms with Gasteiger partial charge in [-0.1, -0.05) is 29.8 Å². The second-order valence-electron chi connectivity index (χ2n) is 9.13. The van der Waals surface area contributed by atoms with Crippen LogP contribution in [0.4, 0.5) is 4.39 Å². The molecule has 33 heavy (non-hydrogen) atoms. The lowest BCUT2D eigenvalue weighted by Crippen LogP contribution is -2.41. The summed E-state index contributed by atoms with van der Waals surface area (Å²) in [5.74, 6) is -0.00250. The molecule has 2 fully saturated rings. The maximum atomic E-state index is 14.2. The molecule has 2 heterocycles. The van der Waals surface area contributed by atoms with Crippen LogP contribution < -0.4 is 5.32 Å². The van der Waals surface area contributed by atoms with E-state index >= 15 is 0 Å². The number of aryl methyl sites for hydroxylation is 1. The van der Waals surface area contributed by atoms with Crippen molar-refractivity contribution in [1.82, 2.24) is 19.8 Å². The van der Waals surface area contributed by atoms with Gasteiger partial charge in [0.25, 0.3) is 5.91 Å². The van der Waals surface area contributed by atoms with Crippen molar-refractivity contribution in [1.29, 1.82) is 0 Å². The fraction of sp³-hybridized carbons (Fsp3) is 0.400. The van der Waals surface area contributed by atoms with Crippen LogP contribution in [-0.2, 0) is 18.3 Å². The number of rotatable bonds is 5. The fourth-order valence-corrected chi connectivity index (χ4v) is 5.28. The van der Waals surface area contributed by atoms with Crippen LogP contribution in [0.1, 0.15) is 35.4 Å². The maximum Gasteiger partial charge on any atom is 0.256 e. The lowest BCUT2D eigenvalue weighted by molar-refractivity contribution is -0.123. The van der Waals surface area contributed by atoms with Crippen LogP contribution in [0.15, 0.2) is 42.5 Å². The average Bonchev–Trinajstić information content (AvgIpc) is 3.43. The van der Waals surface area contributed by atoms with E-state index in [9.17, 15) is 14.0 Å². The van der Waals surface area contributed by atoms with Crippen LogP contribution in [-0.4, -0.2) is 45.9 Å². The van der Waals surface area contributed by atoms with E-state index in [0.717, 1.165) is 36.1 Å². The smallest absolute Gasteiger partial charge is 0.256 e. The molecular weight excluding hydrogens is 443 g/mol. The van der Waals surface area contributed by atoms with Gasteiger partial charge in [0.15, 0.2) is 5.82 Å². The van der Waals surface area contributed by atoms with Crippen molar-refractivity contribution < 1.29 is 14.0 Å². The molecule has 3 aromatic rings. The van der Waals surface area contributed by atoms with Gasteiger partial charge in [0, 0.05) is 39.0 Å². The first-order valence-electron chi connectivity index (χ1n) is 11.3. The van der Waals surface area contributed by atoms with Crippen molar-refractivity contribution in [2.45, 2.75) is 25.7 Å². The Morgan fingerprint density at radius 1 is 1.18 bits per heavy atom. The SMILES string of the molecule is Cn1c(CCNC(=O)C2CC23CCN(C(=O)c2cccc(Cl)c2F)CC3)nc2ccccc21. The summed E-state index contributed by atoms with van der Waals surface area (Å²) in [6.07, 6.45) is 3.02. The minimum atomic E-state index is -0.672. The highest BCUT2D eigenvalue weighted by Crippen LogP contribution is 2.59. The Morgan fingerprint density at radius 2 is 1.94 bits per heavy atom. The van der Waals surface area contributed by atoms with Crippen LogP contribution in [0, 0.1) is 17.2 Å². The number of amides is 2. The molecule has 2 aliphatic rings. The zero-order valence-corrected chi connectivity index (χ0v) is 19.2. The van der Waals surface area contributed by atoms with Crippen LogP contribution >= 0.6 is 11.6 Å². The van der Waals surface area contributed by atoms with E-state index in [4.69, 9.17) is 11.6 Å². The Labute approximate surface area is 196 Å². The summed E-state index contributed by atoms with van der Waals surface area (Å²) in [7, 11) is 1.99. The third-order valence-corrected chi connectivity index (χ3v) is 7.55. The van der Waals surface area contributed by atoms with Gasteiger partial charge in [-0.15, -0.1) is 0 Å². The monoisotopic (exact) mass is 468 g/mol. The van der Waals surface area contributed by atoms with Crippen molar-refractivity contribution in [3.05, 3.63) is 64.7 Å². The number of benzene rings is 2. The standard InChI is InChI=1S/C25H26ClFN4O2/c1-30-20-8-3-2-7-19(20)29-21(30)9-12-28-23(32)17-15-25(17)10-13-31(14-11-25)24(33)16-5-4-6-18(26)22(16)27/h2-8,17H,9-15H2,1H3,(H,28,32). The first-order valence-corrected chi connectivity index (χ1v) is 11.7. The highest BCUT2D eigenvalue weighted by molar-refractivity contribution is 6.31. The van der Waals surface area contributed by atoms with Gasteiger partial charge < -0.3 is 14.8 Å². The molecule has 172 valence electrons. The molecule has 1 spiro atoms. The maximum absolute atomic E-state index is 14.2. The first-order chi connectivity index (χ1) is 15.9. The number of fused-ring (bicyclic) bond motifs is 1. The molecule has 1 atom stereocenters. The molecule has 1 N–H and O–H groups in total. The minimum absolute atomic E-state index is 0.00508. The third-order valence-electron chi connectivity index (χ3n) is 7.26. The van der Waals surface area contributed by atoms with E-state index in [0.29, 0.717) is 26.1 Å². The Bertz CT molecular complexity index is 1230. The molecule has 2 amide bonds. The van der Waals surface area contributed by atoms with E-state index in [-0.39, 0.29) is 33.7 Å². The predicted octanol–water partition coefficient (Wildman–Crippen LogP) is 3.97. The van der Waals surface area contributed by atoms with E-state index in [1.54, 1.807) is 11.0 Å². The van der Waals surface area contributed by atoms with E-state index in [1.807, 2.05) is 31.3 Å². The molecule has 1 aliphatic heterocycles. The Morgan fingerprint density at radius 3 is 2.70 bits per heavy atom. The summed E-state index contributed by atoms with van der Waals surface area (Å²) < 4.78 is 16.3. The van der Waals surface area contributed by atoms with Crippen molar-refractivity contribution in [3.63, 3.8) is 0 Å². The number of likely N-dealkylation sites (tertiary alicyclic amines) is 1. The number of piperidine rings is 1. The number of nitrogens with one attached hydrogen (secondary N) is 1. The molecule has 1 aromatic heterocycles. The zero-order chi connectivity index (χ0) is 23.2. The summed E-state index contributed by atoms with van der Waals surface area (Å²) >= 11 is 5.82. The van der Waals surface area contributed by atoms with Gasteiger partial charge >= 0.3 is 0 Å². The minimum Gasteiger partial charge on any atom is -0.355 e. The third kappa shape index (κ3) is 3.99. The van der Waals surface area contributed by atoms with Gasteiger partial charge in [0.2, 0.25) is 5.91 Å². The Kier molecular flexibility index (Phi) is 5.60. The molecule has 0 bridgehead atoms. The summed E-state index contributed by atoms with van der Waals surface area (Å²) in [5, 5.41) is 3.02. The first kappa shape index (κ1) is 21.9. The number of hydrogen-bond donors (Lipinski definition) is 1. The predicted molar refractivity (Wildman–Crippen MR) is 125 cm³/mol. The van der Waals surface area contributed by atoms with Gasteiger partial charge in [-0.3, -0.25) is 9.59 Å². The van der Waals surface area contributed by atoms with Crippen LogP contribution in [0.5, 0.6) is 0 Å². The number of carbonyl (C=O) groups excluding carboxylic acids is 2.